The van der Waals surface area contributed by atoms with Gasteiger partial charge in [-0.15, -0.1) is 0 Å². The van der Waals surface area contributed by atoms with Crippen molar-refractivity contribution in [3.05, 3.63) is 36.7 Å². The Labute approximate surface area is 103 Å². The van der Waals surface area contributed by atoms with E-state index in [2.05, 4.69) is 5.10 Å². The van der Waals surface area contributed by atoms with Crippen LogP contribution in [0, 0.1) is 0 Å². The highest BCUT2D eigenvalue weighted by molar-refractivity contribution is 5.66. The molecule has 0 spiro atoms. The molecule has 2 aromatic rings. The highest BCUT2D eigenvalue weighted by Crippen LogP contribution is 2.23. The van der Waals surface area contributed by atoms with Gasteiger partial charge in [-0.2, -0.15) is 5.10 Å². The number of aromatic nitrogens is 2. The SMILES string of the molecule is COc1ccc(Oc2cnn(CC(=O)O)c2)cc1. The molecule has 0 unspecified atom stereocenters. The van der Waals surface area contributed by atoms with E-state index in [-0.39, 0.29) is 6.54 Å². The fourth-order valence-corrected chi connectivity index (χ4v) is 1.40. The van der Waals surface area contributed by atoms with Crippen molar-refractivity contribution in [2.45, 2.75) is 6.54 Å². The minimum atomic E-state index is -0.950. The van der Waals surface area contributed by atoms with Crippen molar-refractivity contribution < 1.29 is 19.4 Å². The third-order valence-electron chi connectivity index (χ3n) is 2.20. The first-order valence-corrected chi connectivity index (χ1v) is 5.23. The van der Waals surface area contributed by atoms with Crippen molar-refractivity contribution in [1.82, 2.24) is 9.78 Å². The lowest BCUT2D eigenvalue weighted by Gasteiger charge is -2.03. The van der Waals surface area contributed by atoms with E-state index in [1.807, 2.05) is 0 Å². The monoisotopic (exact) mass is 248 g/mol. The predicted molar refractivity (Wildman–Crippen MR) is 62.9 cm³/mol. The van der Waals surface area contributed by atoms with Gasteiger partial charge in [-0.05, 0) is 24.3 Å². The van der Waals surface area contributed by atoms with Crippen molar-refractivity contribution in [3.8, 4) is 17.2 Å². The predicted octanol–water partition coefficient (Wildman–Crippen LogP) is 1.77. The fourth-order valence-electron chi connectivity index (χ4n) is 1.40. The van der Waals surface area contributed by atoms with Gasteiger partial charge in [0, 0.05) is 0 Å². The molecule has 0 radical (unpaired) electrons. The van der Waals surface area contributed by atoms with E-state index in [4.69, 9.17) is 14.6 Å². The molecule has 0 aliphatic carbocycles. The van der Waals surface area contributed by atoms with Gasteiger partial charge in [0.25, 0.3) is 0 Å². The largest absolute Gasteiger partial charge is 0.497 e. The van der Waals surface area contributed by atoms with E-state index < -0.39 is 5.97 Å². The van der Waals surface area contributed by atoms with E-state index in [9.17, 15) is 4.79 Å². The van der Waals surface area contributed by atoms with Crippen LogP contribution in [-0.4, -0.2) is 28.0 Å². The number of methoxy groups -OCH3 is 1. The average molecular weight is 248 g/mol. The second-order valence-corrected chi connectivity index (χ2v) is 3.54. The molecule has 0 fully saturated rings. The lowest BCUT2D eigenvalue weighted by Crippen LogP contribution is -2.08. The number of aliphatic carboxylic acids is 1. The molecule has 94 valence electrons. The van der Waals surface area contributed by atoms with Crippen LogP contribution in [-0.2, 0) is 11.3 Å². The Morgan fingerprint density at radius 1 is 1.28 bits per heavy atom. The molecule has 6 heteroatoms. The number of rotatable bonds is 5. The number of hydrogen-bond acceptors (Lipinski definition) is 4. The van der Waals surface area contributed by atoms with Crippen molar-refractivity contribution in [3.63, 3.8) is 0 Å². The number of benzene rings is 1. The van der Waals surface area contributed by atoms with Crippen LogP contribution in [0.3, 0.4) is 0 Å². The Kier molecular flexibility index (Phi) is 3.47. The quantitative estimate of drug-likeness (QED) is 0.872. The third kappa shape index (κ3) is 3.00. The van der Waals surface area contributed by atoms with E-state index in [0.717, 1.165) is 5.75 Å². The van der Waals surface area contributed by atoms with Crippen LogP contribution < -0.4 is 9.47 Å². The van der Waals surface area contributed by atoms with E-state index >= 15 is 0 Å². The van der Waals surface area contributed by atoms with Gasteiger partial charge >= 0.3 is 5.97 Å². The maximum atomic E-state index is 10.5. The molecule has 0 amide bonds. The van der Waals surface area contributed by atoms with Gasteiger partial charge < -0.3 is 14.6 Å². The summed E-state index contributed by atoms with van der Waals surface area (Å²) >= 11 is 0. The van der Waals surface area contributed by atoms with Crippen molar-refractivity contribution in [1.29, 1.82) is 0 Å². The summed E-state index contributed by atoms with van der Waals surface area (Å²) in [5.74, 6) is 0.908. The summed E-state index contributed by atoms with van der Waals surface area (Å²) in [5, 5.41) is 12.5. The Hall–Kier alpha value is -2.50. The molecule has 0 saturated carbocycles. The second-order valence-electron chi connectivity index (χ2n) is 3.54. The smallest absolute Gasteiger partial charge is 0.325 e. The first-order chi connectivity index (χ1) is 8.67. The molecule has 1 aromatic heterocycles. The number of carboxylic acid groups (broad SMARTS) is 1. The van der Waals surface area contributed by atoms with Gasteiger partial charge in [-0.3, -0.25) is 9.48 Å². The number of hydrogen-bond donors (Lipinski definition) is 1. The van der Waals surface area contributed by atoms with Crippen LogP contribution in [0.2, 0.25) is 0 Å². The number of nitrogens with zero attached hydrogens (tertiary/aromatic N) is 2. The second kappa shape index (κ2) is 5.22. The summed E-state index contributed by atoms with van der Waals surface area (Å²) in [4.78, 5) is 10.5. The van der Waals surface area contributed by atoms with Crippen molar-refractivity contribution in [2.75, 3.05) is 7.11 Å². The van der Waals surface area contributed by atoms with Gasteiger partial charge in [0.05, 0.1) is 19.5 Å². The van der Waals surface area contributed by atoms with Crippen LogP contribution in [0.1, 0.15) is 0 Å². The van der Waals surface area contributed by atoms with Crippen LogP contribution in [0.25, 0.3) is 0 Å². The Morgan fingerprint density at radius 3 is 2.56 bits per heavy atom. The summed E-state index contributed by atoms with van der Waals surface area (Å²) in [6.45, 7) is -0.189. The summed E-state index contributed by atoms with van der Waals surface area (Å²) in [7, 11) is 1.59. The molecule has 0 aliphatic heterocycles. The van der Waals surface area contributed by atoms with Gasteiger partial charge in [-0.1, -0.05) is 0 Å². The van der Waals surface area contributed by atoms with E-state index in [1.54, 1.807) is 31.4 Å². The zero-order valence-corrected chi connectivity index (χ0v) is 9.74. The topological polar surface area (TPSA) is 73.6 Å². The number of carbonyl (C=O) groups is 1. The lowest BCUT2D eigenvalue weighted by molar-refractivity contribution is -0.137. The molecule has 0 aliphatic rings. The Morgan fingerprint density at radius 2 is 1.94 bits per heavy atom. The van der Waals surface area contributed by atoms with E-state index in [1.165, 1.54) is 17.1 Å². The van der Waals surface area contributed by atoms with Crippen LogP contribution in [0.5, 0.6) is 17.2 Å². The maximum Gasteiger partial charge on any atom is 0.325 e. The van der Waals surface area contributed by atoms with E-state index in [0.29, 0.717) is 11.5 Å². The highest BCUT2D eigenvalue weighted by Gasteiger charge is 2.04. The van der Waals surface area contributed by atoms with Crippen molar-refractivity contribution in [2.24, 2.45) is 0 Å². The molecule has 6 nitrogen and oxygen atoms in total. The first-order valence-electron chi connectivity index (χ1n) is 5.23. The fraction of sp³-hybridized carbons (Fsp3) is 0.167. The third-order valence-corrected chi connectivity index (χ3v) is 2.20. The van der Waals surface area contributed by atoms with Crippen molar-refractivity contribution >= 4 is 5.97 Å². The first kappa shape index (κ1) is 12.0. The van der Waals surface area contributed by atoms with Gasteiger partial charge in [0.15, 0.2) is 5.75 Å². The molecule has 2 rings (SSSR count). The molecule has 1 heterocycles. The zero-order valence-electron chi connectivity index (χ0n) is 9.74. The van der Waals surface area contributed by atoms with Gasteiger partial charge in [-0.25, -0.2) is 0 Å². The van der Waals surface area contributed by atoms with Crippen LogP contribution in [0.4, 0.5) is 0 Å². The van der Waals surface area contributed by atoms with Crippen LogP contribution in [0.15, 0.2) is 36.7 Å². The minimum Gasteiger partial charge on any atom is -0.497 e. The Balaban J connectivity index is 2.03. The minimum absolute atomic E-state index is 0.189. The summed E-state index contributed by atoms with van der Waals surface area (Å²) in [5.41, 5.74) is 0. The Bertz CT molecular complexity index is 533. The number of carboxylic acids is 1. The highest BCUT2D eigenvalue weighted by atomic mass is 16.5. The molecule has 18 heavy (non-hydrogen) atoms. The summed E-state index contributed by atoms with van der Waals surface area (Å²) < 4.78 is 11.8. The molecule has 1 aromatic carbocycles. The number of ether oxygens (including phenoxy) is 2. The summed E-state index contributed by atoms with van der Waals surface area (Å²) in [6, 6.07) is 7.06. The average Bonchev–Trinajstić information content (AvgIpc) is 2.76. The molecular weight excluding hydrogens is 236 g/mol. The standard InChI is InChI=1S/C12H12N2O4/c1-17-9-2-4-10(5-3-9)18-11-6-13-14(7-11)8-12(15)16/h2-7H,8H2,1H3,(H,15,16). The molecule has 0 saturated heterocycles. The molecule has 0 atom stereocenters. The molecule has 0 bridgehead atoms. The summed E-state index contributed by atoms with van der Waals surface area (Å²) in [6.07, 6.45) is 2.99. The normalized spacial score (nSPS) is 10.1. The van der Waals surface area contributed by atoms with Gasteiger partial charge in [0.2, 0.25) is 0 Å². The van der Waals surface area contributed by atoms with Crippen LogP contribution >= 0.6 is 0 Å². The molecule has 1 N–H and O–H groups in total. The maximum absolute atomic E-state index is 10.5. The van der Waals surface area contributed by atoms with Gasteiger partial charge in [0.1, 0.15) is 18.0 Å². The zero-order chi connectivity index (χ0) is 13.0. The molecular formula is C12H12N2O4. The lowest BCUT2D eigenvalue weighted by atomic mass is 10.3.